The van der Waals surface area contributed by atoms with Gasteiger partial charge in [-0.1, -0.05) is 13.0 Å². The minimum Gasteiger partial charge on any atom is -0.493 e. The Labute approximate surface area is 197 Å². The van der Waals surface area contributed by atoms with Crippen LogP contribution in [-0.2, 0) is 20.7 Å². The van der Waals surface area contributed by atoms with Gasteiger partial charge in [-0.25, -0.2) is 4.79 Å². The van der Waals surface area contributed by atoms with Gasteiger partial charge in [-0.05, 0) is 67.8 Å². The highest BCUT2D eigenvalue weighted by Crippen LogP contribution is 2.27. The van der Waals surface area contributed by atoms with Crippen molar-refractivity contribution in [3.8, 4) is 11.5 Å². The molecule has 0 aliphatic rings. The van der Waals surface area contributed by atoms with Gasteiger partial charge in [0, 0.05) is 27.4 Å². The number of ketones is 1. The monoisotopic (exact) mass is 555 g/mol. The highest BCUT2D eigenvalue weighted by molar-refractivity contribution is 9.13. The van der Waals surface area contributed by atoms with Gasteiger partial charge < -0.3 is 19.5 Å². The molecule has 0 heterocycles. The van der Waals surface area contributed by atoms with E-state index in [0.717, 1.165) is 10.0 Å². The average molecular weight is 557 g/mol. The molecule has 166 valence electrons. The zero-order valence-corrected chi connectivity index (χ0v) is 20.5. The van der Waals surface area contributed by atoms with Gasteiger partial charge in [-0.3, -0.25) is 9.59 Å². The summed E-state index contributed by atoms with van der Waals surface area (Å²) in [5.41, 5.74) is 1.18. The van der Waals surface area contributed by atoms with Gasteiger partial charge in [-0.2, -0.15) is 0 Å². The number of carbonyl (C=O) groups is 3. The van der Waals surface area contributed by atoms with Crippen molar-refractivity contribution in [1.29, 1.82) is 0 Å². The molecule has 2 aromatic rings. The van der Waals surface area contributed by atoms with Crippen LogP contribution < -0.4 is 14.8 Å². The second-order valence-corrected chi connectivity index (χ2v) is 8.17. The Morgan fingerprint density at radius 1 is 0.968 bits per heavy atom. The van der Waals surface area contributed by atoms with Crippen molar-refractivity contribution in [1.82, 2.24) is 5.32 Å². The smallest absolute Gasteiger partial charge is 0.336 e. The van der Waals surface area contributed by atoms with Crippen LogP contribution in [0, 0.1) is 0 Å². The van der Waals surface area contributed by atoms with E-state index in [0.29, 0.717) is 28.0 Å². The zero-order chi connectivity index (χ0) is 23.0. The van der Waals surface area contributed by atoms with Crippen LogP contribution in [0.5, 0.6) is 11.5 Å². The Morgan fingerprint density at radius 3 is 2.29 bits per heavy atom. The Bertz CT molecular complexity index is 963. The number of nitrogens with one attached hydrogen (secondary N) is 1. The summed E-state index contributed by atoms with van der Waals surface area (Å²) in [6.07, 6.45) is 0.493. The third kappa shape index (κ3) is 6.80. The number of hydrogen-bond acceptors (Lipinski definition) is 6. The normalized spacial score (nSPS) is 11.4. The lowest BCUT2D eigenvalue weighted by atomic mass is 10.1. The first-order valence-corrected chi connectivity index (χ1v) is 11.1. The maximum atomic E-state index is 12.5. The van der Waals surface area contributed by atoms with E-state index in [1.807, 2.05) is 6.07 Å². The number of halogens is 2. The molecule has 1 atom stereocenters. The standard InChI is InChI=1S/C22H23Br2NO6/c1-4-17(26)20(25-21(27)14-6-7-15(23)16(24)12-14)22(28)31-10-9-13-5-8-18(29-2)19(11-13)30-3/h5-8,11-12,20H,4,9-10H2,1-3H3,(H,25,27). The van der Waals surface area contributed by atoms with Crippen molar-refractivity contribution in [2.75, 3.05) is 20.8 Å². The molecular weight excluding hydrogens is 534 g/mol. The molecule has 31 heavy (non-hydrogen) atoms. The quantitative estimate of drug-likeness (QED) is 0.350. The van der Waals surface area contributed by atoms with Gasteiger partial charge in [0.1, 0.15) is 0 Å². The largest absolute Gasteiger partial charge is 0.493 e. The van der Waals surface area contributed by atoms with E-state index in [-0.39, 0.29) is 13.0 Å². The number of methoxy groups -OCH3 is 2. The fourth-order valence-corrected chi connectivity index (χ4v) is 3.34. The molecule has 0 aromatic heterocycles. The van der Waals surface area contributed by atoms with Crippen molar-refractivity contribution in [2.45, 2.75) is 25.8 Å². The number of benzene rings is 2. The molecule has 0 fully saturated rings. The molecule has 1 amide bonds. The van der Waals surface area contributed by atoms with E-state index in [2.05, 4.69) is 37.2 Å². The third-order valence-electron chi connectivity index (χ3n) is 4.45. The Hall–Kier alpha value is -2.39. The molecule has 0 aliphatic heterocycles. The fraction of sp³-hybridized carbons (Fsp3) is 0.318. The number of carbonyl (C=O) groups excluding carboxylic acids is 3. The van der Waals surface area contributed by atoms with Gasteiger partial charge in [0.05, 0.1) is 20.8 Å². The zero-order valence-electron chi connectivity index (χ0n) is 17.4. The summed E-state index contributed by atoms with van der Waals surface area (Å²) in [6, 6.07) is 8.87. The van der Waals surface area contributed by atoms with Crippen LogP contribution in [0.3, 0.4) is 0 Å². The second-order valence-electron chi connectivity index (χ2n) is 6.46. The van der Waals surface area contributed by atoms with Gasteiger partial charge in [0.15, 0.2) is 23.3 Å². The fourth-order valence-electron chi connectivity index (χ4n) is 2.72. The molecule has 0 aliphatic carbocycles. The molecule has 0 bridgehead atoms. The van der Waals surface area contributed by atoms with E-state index in [4.69, 9.17) is 14.2 Å². The number of rotatable bonds is 10. The SMILES string of the molecule is CCC(=O)C(NC(=O)c1ccc(Br)c(Br)c1)C(=O)OCCc1ccc(OC)c(OC)c1. The summed E-state index contributed by atoms with van der Waals surface area (Å²) < 4.78 is 17.2. The van der Waals surface area contributed by atoms with E-state index < -0.39 is 23.7 Å². The molecule has 2 rings (SSSR count). The van der Waals surface area contributed by atoms with Gasteiger partial charge >= 0.3 is 5.97 Å². The first-order chi connectivity index (χ1) is 14.8. The van der Waals surface area contributed by atoms with Crippen LogP contribution in [0.25, 0.3) is 0 Å². The highest BCUT2D eigenvalue weighted by Gasteiger charge is 2.29. The maximum absolute atomic E-state index is 12.5. The van der Waals surface area contributed by atoms with Gasteiger partial charge in [-0.15, -0.1) is 0 Å². The molecule has 0 saturated carbocycles. The number of Topliss-reactive ketones (excluding diaryl/α,β-unsaturated/α-hetero) is 1. The van der Waals surface area contributed by atoms with Crippen molar-refractivity contribution < 1.29 is 28.6 Å². The van der Waals surface area contributed by atoms with Crippen LogP contribution >= 0.6 is 31.9 Å². The summed E-state index contributed by atoms with van der Waals surface area (Å²) in [5.74, 6) is -0.605. The molecule has 9 heteroatoms. The third-order valence-corrected chi connectivity index (χ3v) is 6.33. The van der Waals surface area contributed by atoms with Crippen LogP contribution in [0.15, 0.2) is 45.3 Å². The summed E-state index contributed by atoms with van der Waals surface area (Å²) in [4.78, 5) is 37.3. The Kier molecular flexibility index (Phi) is 9.51. The van der Waals surface area contributed by atoms with E-state index in [9.17, 15) is 14.4 Å². The molecule has 2 aromatic carbocycles. The average Bonchev–Trinajstić information content (AvgIpc) is 2.78. The van der Waals surface area contributed by atoms with Crippen LogP contribution in [0.4, 0.5) is 0 Å². The minimum absolute atomic E-state index is 0.0432. The summed E-state index contributed by atoms with van der Waals surface area (Å²) >= 11 is 6.66. The van der Waals surface area contributed by atoms with Crippen LogP contribution in [-0.4, -0.2) is 44.5 Å². The molecule has 0 radical (unpaired) electrons. The Morgan fingerprint density at radius 2 is 1.68 bits per heavy atom. The topological polar surface area (TPSA) is 90.9 Å². The van der Waals surface area contributed by atoms with Gasteiger partial charge in [0.2, 0.25) is 0 Å². The number of ether oxygens (including phenoxy) is 3. The highest BCUT2D eigenvalue weighted by atomic mass is 79.9. The lowest BCUT2D eigenvalue weighted by molar-refractivity contribution is -0.148. The minimum atomic E-state index is -1.37. The maximum Gasteiger partial charge on any atom is 0.336 e. The molecule has 7 nitrogen and oxygen atoms in total. The lowest BCUT2D eigenvalue weighted by Gasteiger charge is -2.16. The van der Waals surface area contributed by atoms with Crippen molar-refractivity contribution in [2.24, 2.45) is 0 Å². The van der Waals surface area contributed by atoms with Gasteiger partial charge in [0.25, 0.3) is 5.91 Å². The van der Waals surface area contributed by atoms with E-state index in [1.54, 1.807) is 44.4 Å². The predicted octanol–water partition coefficient (Wildman–Crippen LogP) is 4.09. The number of esters is 1. The van der Waals surface area contributed by atoms with Crippen LogP contribution in [0.2, 0.25) is 0 Å². The van der Waals surface area contributed by atoms with Crippen molar-refractivity contribution in [3.63, 3.8) is 0 Å². The lowest BCUT2D eigenvalue weighted by Crippen LogP contribution is -2.47. The summed E-state index contributed by atoms with van der Waals surface area (Å²) in [5, 5.41) is 2.48. The summed E-state index contributed by atoms with van der Waals surface area (Å²) in [6.45, 7) is 1.66. The molecule has 0 spiro atoms. The molecule has 0 saturated heterocycles. The molecule has 1 unspecified atom stereocenters. The second kappa shape index (κ2) is 11.9. The summed E-state index contributed by atoms with van der Waals surface area (Å²) in [7, 11) is 3.08. The van der Waals surface area contributed by atoms with Crippen molar-refractivity contribution in [3.05, 3.63) is 56.5 Å². The predicted molar refractivity (Wildman–Crippen MR) is 123 cm³/mol. The van der Waals surface area contributed by atoms with E-state index in [1.165, 1.54) is 7.11 Å². The Balaban J connectivity index is 2.02. The van der Waals surface area contributed by atoms with Crippen molar-refractivity contribution >= 4 is 49.5 Å². The number of hydrogen-bond donors (Lipinski definition) is 1. The first-order valence-electron chi connectivity index (χ1n) is 9.46. The first kappa shape index (κ1) is 24.9. The van der Waals surface area contributed by atoms with E-state index >= 15 is 0 Å². The molecule has 1 N–H and O–H groups in total. The molecular formula is C22H23Br2NO6. The van der Waals surface area contributed by atoms with Crippen LogP contribution in [0.1, 0.15) is 29.3 Å². The number of amides is 1.